The van der Waals surface area contributed by atoms with Crippen LogP contribution in [0.5, 0.6) is 0 Å². The molecule has 0 aliphatic rings. The predicted octanol–water partition coefficient (Wildman–Crippen LogP) is 3.83. The maximum Gasteiger partial charge on any atom is 0.244 e. The minimum atomic E-state index is -3.73. The van der Waals surface area contributed by atoms with Gasteiger partial charge in [-0.2, -0.15) is 0 Å². The van der Waals surface area contributed by atoms with E-state index in [4.69, 9.17) is 11.6 Å². The number of benzene rings is 2. The van der Waals surface area contributed by atoms with Crippen molar-refractivity contribution in [1.82, 2.24) is 10.2 Å². The number of amides is 2. The minimum Gasteiger partial charge on any atom is -0.352 e. The lowest BCUT2D eigenvalue weighted by molar-refractivity contribution is -0.140. The topological polar surface area (TPSA) is 86.8 Å². The highest BCUT2D eigenvalue weighted by molar-refractivity contribution is 7.92. The van der Waals surface area contributed by atoms with Crippen LogP contribution in [0.4, 0.5) is 5.69 Å². The van der Waals surface area contributed by atoms with Gasteiger partial charge in [0.15, 0.2) is 0 Å². The molecule has 1 N–H and O–H groups in total. The van der Waals surface area contributed by atoms with Gasteiger partial charge in [0.1, 0.15) is 12.6 Å². The first-order valence-corrected chi connectivity index (χ1v) is 13.2. The first-order chi connectivity index (χ1) is 15.6. The van der Waals surface area contributed by atoms with Crippen LogP contribution in [0.3, 0.4) is 0 Å². The van der Waals surface area contributed by atoms with Gasteiger partial charge in [0.2, 0.25) is 21.8 Å². The fraction of sp³-hybridized carbons (Fsp3) is 0.417. The molecular weight excluding hydrogens is 462 g/mol. The van der Waals surface area contributed by atoms with Gasteiger partial charge in [0, 0.05) is 17.6 Å². The van der Waals surface area contributed by atoms with Crippen molar-refractivity contribution >= 4 is 39.1 Å². The second kappa shape index (κ2) is 12.0. The Labute approximate surface area is 201 Å². The number of carbonyl (C=O) groups is 2. The number of anilines is 1. The molecule has 2 amide bonds. The van der Waals surface area contributed by atoms with E-state index in [1.54, 1.807) is 54.6 Å². The van der Waals surface area contributed by atoms with E-state index in [9.17, 15) is 18.0 Å². The van der Waals surface area contributed by atoms with Gasteiger partial charge < -0.3 is 10.2 Å². The number of hydrogen-bond acceptors (Lipinski definition) is 4. The van der Waals surface area contributed by atoms with E-state index < -0.39 is 28.5 Å². The Bertz CT molecular complexity index is 1030. The molecule has 33 heavy (non-hydrogen) atoms. The molecule has 2 atom stereocenters. The Morgan fingerprint density at radius 2 is 1.61 bits per heavy atom. The zero-order valence-corrected chi connectivity index (χ0v) is 21.1. The molecule has 0 unspecified atom stereocenters. The van der Waals surface area contributed by atoms with Gasteiger partial charge >= 0.3 is 0 Å². The summed E-state index contributed by atoms with van der Waals surface area (Å²) in [5.41, 5.74) is 1.17. The average Bonchev–Trinajstić information content (AvgIpc) is 2.78. The highest BCUT2D eigenvalue weighted by atomic mass is 35.5. The normalized spacial score (nSPS) is 13.1. The summed E-state index contributed by atoms with van der Waals surface area (Å²) in [4.78, 5) is 28.0. The number of halogens is 1. The smallest absolute Gasteiger partial charge is 0.244 e. The van der Waals surface area contributed by atoms with Crippen LogP contribution in [0, 0.1) is 0 Å². The Morgan fingerprint density at radius 1 is 1.00 bits per heavy atom. The van der Waals surface area contributed by atoms with Gasteiger partial charge in [-0.3, -0.25) is 13.9 Å². The van der Waals surface area contributed by atoms with Crippen molar-refractivity contribution in [2.75, 3.05) is 17.1 Å². The van der Waals surface area contributed by atoms with Crippen LogP contribution in [0.25, 0.3) is 0 Å². The molecule has 2 rings (SSSR count). The maximum absolute atomic E-state index is 13.5. The number of sulfonamides is 1. The zero-order valence-electron chi connectivity index (χ0n) is 19.5. The summed E-state index contributed by atoms with van der Waals surface area (Å²) in [6.45, 7) is 5.43. The van der Waals surface area contributed by atoms with E-state index in [-0.39, 0.29) is 18.5 Å². The first-order valence-electron chi connectivity index (χ1n) is 10.9. The van der Waals surface area contributed by atoms with E-state index in [1.165, 1.54) is 4.90 Å². The SMILES string of the molecule is CC[C@@H](C)NC(=O)[C@H](CC)N(Cc1ccc(Cl)cc1)C(=O)CN(c1ccccc1)S(C)(=O)=O. The molecule has 0 bridgehead atoms. The van der Waals surface area contributed by atoms with Gasteiger partial charge in [-0.05, 0) is 49.6 Å². The number of carbonyl (C=O) groups excluding carboxylic acids is 2. The molecule has 0 saturated heterocycles. The Balaban J connectivity index is 2.40. The monoisotopic (exact) mass is 493 g/mol. The number of para-hydroxylation sites is 1. The summed E-state index contributed by atoms with van der Waals surface area (Å²) < 4.78 is 26.1. The van der Waals surface area contributed by atoms with Crippen LogP contribution in [-0.2, 0) is 26.2 Å². The quantitative estimate of drug-likeness (QED) is 0.515. The molecule has 0 heterocycles. The third-order valence-corrected chi connectivity index (χ3v) is 6.77. The Morgan fingerprint density at radius 3 is 2.12 bits per heavy atom. The number of nitrogens with zero attached hydrogens (tertiary/aromatic N) is 2. The van der Waals surface area contributed by atoms with E-state index in [2.05, 4.69) is 5.32 Å². The molecule has 9 heteroatoms. The van der Waals surface area contributed by atoms with Crippen LogP contribution in [-0.4, -0.2) is 50.0 Å². The van der Waals surface area contributed by atoms with E-state index in [1.807, 2.05) is 20.8 Å². The molecule has 0 aromatic heterocycles. The molecule has 0 aliphatic heterocycles. The molecule has 2 aromatic carbocycles. The van der Waals surface area contributed by atoms with Crippen molar-refractivity contribution in [3.05, 3.63) is 65.2 Å². The van der Waals surface area contributed by atoms with E-state index in [0.29, 0.717) is 17.1 Å². The van der Waals surface area contributed by atoms with Gasteiger partial charge in [-0.25, -0.2) is 8.42 Å². The second-order valence-corrected chi connectivity index (χ2v) is 10.3. The molecule has 7 nitrogen and oxygen atoms in total. The zero-order chi connectivity index (χ0) is 24.6. The van der Waals surface area contributed by atoms with E-state index >= 15 is 0 Å². The van der Waals surface area contributed by atoms with Gasteiger partial charge in [-0.15, -0.1) is 0 Å². The van der Waals surface area contributed by atoms with Crippen molar-refractivity contribution in [1.29, 1.82) is 0 Å². The lowest BCUT2D eigenvalue weighted by Crippen LogP contribution is -2.53. The molecule has 0 spiro atoms. The fourth-order valence-electron chi connectivity index (χ4n) is 3.36. The van der Waals surface area contributed by atoms with Crippen molar-refractivity contribution in [3.63, 3.8) is 0 Å². The molecule has 0 saturated carbocycles. The maximum atomic E-state index is 13.5. The Hall–Kier alpha value is -2.58. The van der Waals surface area contributed by atoms with Crippen LogP contribution in [0.2, 0.25) is 5.02 Å². The Kier molecular flexibility index (Phi) is 9.73. The fourth-order valence-corrected chi connectivity index (χ4v) is 4.33. The third-order valence-electron chi connectivity index (χ3n) is 5.38. The first kappa shape index (κ1) is 26.7. The largest absolute Gasteiger partial charge is 0.352 e. The van der Waals surface area contributed by atoms with Crippen LogP contribution in [0.15, 0.2) is 54.6 Å². The summed E-state index contributed by atoms with van der Waals surface area (Å²) in [6.07, 6.45) is 2.19. The summed E-state index contributed by atoms with van der Waals surface area (Å²) in [7, 11) is -3.73. The van der Waals surface area contributed by atoms with Gasteiger partial charge in [0.25, 0.3) is 0 Å². The highest BCUT2D eigenvalue weighted by Crippen LogP contribution is 2.20. The minimum absolute atomic E-state index is 0.0455. The molecular formula is C24H32ClN3O4S. The average molecular weight is 494 g/mol. The summed E-state index contributed by atoms with van der Waals surface area (Å²) in [6, 6.07) is 14.6. The standard InChI is InChI=1S/C24H32ClN3O4S/c1-5-18(3)26-24(30)22(6-2)27(16-19-12-14-20(25)15-13-19)23(29)17-28(33(4,31)32)21-10-8-7-9-11-21/h7-15,18,22H,5-6,16-17H2,1-4H3,(H,26,30)/t18-,22+/m1/s1. The van der Waals surface area contributed by atoms with Crippen LogP contribution in [0.1, 0.15) is 39.2 Å². The molecule has 0 radical (unpaired) electrons. The lowest BCUT2D eigenvalue weighted by Gasteiger charge is -2.33. The predicted molar refractivity (Wildman–Crippen MR) is 133 cm³/mol. The van der Waals surface area contributed by atoms with Crippen LogP contribution < -0.4 is 9.62 Å². The summed E-state index contributed by atoms with van der Waals surface area (Å²) in [5, 5.41) is 3.50. The molecule has 0 aliphatic carbocycles. The van der Waals surface area contributed by atoms with Crippen molar-refractivity contribution < 1.29 is 18.0 Å². The summed E-state index contributed by atoms with van der Waals surface area (Å²) >= 11 is 5.99. The second-order valence-electron chi connectivity index (χ2n) is 8.00. The van der Waals surface area contributed by atoms with E-state index in [0.717, 1.165) is 22.5 Å². The molecule has 2 aromatic rings. The number of hydrogen-bond donors (Lipinski definition) is 1. The van der Waals surface area contributed by atoms with Gasteiger partial charge in [-0.1, -0.05) is 55.8 Å². The number of rotatable bonds is 11. The molecule has 0 fully saturated rings. The summed E-state index contributed by atoms with van der Waals surface area (Å²) in [5.74, 6) is -0.731. The van der Waals surface area contributed by atoms with Crippen LogP contribution >= 0.6 is 11.6 Å². The third kappa shape index (κ3) is 7.75. The van der Waals surface area contributed by atoms with Crippen molar-refractivity contribution in [2.45, 2.75) is 52.2 Å². The molecule has 180 valence electrons. The van der Waals surface area contributed by atoms with Gasteiger partial charge in [0.05, 0.1) is 11.9 Å². The lowest BCUT2D eigenvalue weighted by atomic mass is 10.1. The highest BCUT2D eigenvalue weighted by Gasteiger charge is 2.32. The van der Waals surface area contributed by atoms with Crippen molar-refractivity contribution in [2.24, 2.45) is 0 Å². The number of nitrogens with one attached hydrogen (secondary N) is 1. The van der Waals surface area contributed by atoms with Crippen molar-refractivity contribution in [3.8, 4) is 0 Å².